The van der Waals surface area contributed by atoms with Crippen LogP contribution in [0, 0.1) is 0 Å². The Kier molecular flexibility index (Phi) is 5.86. The molecule has 5 heteroatoms. The third kappa shape index (κ3) is 4.49. The summed E-state index contributed by atoms with van der Waals surface area (Å²) in [6, 6.07) is 5.62. The average Bonchev–Trinajstić information content (AvgIpc) is 2.47. The SMILES string of the molecule is O=C(COc1ccc(Br)c(CO)c1)NC1CCCCC1. The first kappa shape index (κ1) is 15.3. The minimum absolute atomic E-state index is 0.0169. The minimum atomic E-state index is -0.0784. The van der Waals surface area contributed by atoms with Crippen molar-refractivity contribution in [1.29, 1.82) is 0 Å². The van der Waals surface area contributed by atoms with Gasteiger partial charge in [0, 0.05) is 10.5 Å². The second-order valence-electron chi connectivity index (χ2n) is 5.10. The Morgan fingerprint density at radius 2 is 2.10 bits per heavy atom. The molecule has 0 heterocycles. The summed E-state index contributed by atoms with van der Waals surface area (Å²) >= 11 is 3.34. The lowest BCUT2D eigenvalue weighted by molar-refractivity contribution is -0.124. The smallest absolute Gasteiger partial charge is 0.258 e. The molecule has 0 spiro atoms. The number of carbonyl (C=O) groups excluding carboxylic acids is 1. The van der Waals surface area contributed by atoms with Gasteiger partial charge in [-0.15, -0.1) is 0 Å². The molecule has 0 radical (unpaired) electrons. The number of ether oxygens (including phenoxy) is 1. The van der Waals surface area contributed by atoms with Crippen molar-refractivity contribution in [2.45, 2.75) is 44.8 Å². The molecule has 1 aliphatic rings. The predicted molar refractivity (Wildman–Crippen MR) is 80.6 cm³/mol. The summed E-state index contributed by atoms with van der Waals surface area (Å²) in [4.78, 5) is 11.8. The number of aliphatic hydroxyl groups excluding tert-OH is 1. The zero-order valence-corrected chi connectivity index (χ0v) is 13.0. The highest BCUT2D eigenvalue weighted by Crippen LogP contribution is 2.22. The van der Waals surface area contributed by atoms with Gasteiger partial charge in [-0.25, -0.2) is 0 Å². The number of hydrogen-bond donors (Lipinski definition) is 2. The molecule has 1 aromatic carbocycles. The van der Waals surface area contributed by atoms with E-state index in [9.17, 15) is 9.90 Å². The second kappa shape index (κ2) is 7.64. The van der Waals surface area contributed by atoms with Crippen LogP contribution >= 0.6 is 15.9 Å². The molecular formula is C15H20BrNO3. The summed E-state index contributed by atoms with van der Waals surface area (Å²) in [6.07, 6.45) is 5.79. The quantitative estimate of drug-likeness (QED) is 0.865. The molecule has 1 saturated carbocycles. The van der Waals surface area contributed by atoms with Gasteiger partial charge in [0.2, 0.25) is 0 Å². The maximum absolute atomic E-state index is 11.8. The van der Waals surface area contributed by atoms with Gasteiger partial charge in [0.05, 0.1) is 6.61 Å². The third-order valence-corrected chi connectivity index (χ3v) is 4.30. The highest BCUT2D eigenvalue weighted by Gasteiger charge is 2.15. The lowest BCUT2D eigenvalue weighted by Crippen LogP contribution is -2.38. The Labute approximate surface area is 127 Å². The fourth-order valence-electron chi connectivity index (χ4n) is 2.43. The molecule has 1 fully saturated rings. The summed E-state index contributed by atoms with van der Waals surface area (Å²) in [5.74, 6) is 0.515. The van der Waals surface area contributed by atoms with E-state index in [1.54, 1.807) is 18.2 Å². The Hall–Kier alpha value is -1.07. The van der Waals surface area contributed by atoms with Gasteiger partial charge in [-0.1, -0.05) is 35.2 Å². The van der Waals surface area contributed by atoms with Crippen LogP contribution < -0.4 is 10.1 Å². The van der Waals surface area contributed by atoms with E-state index in [0.717, 1.165) is 22.9 Å². The van der Waals surface area contributed by atoms with E-state index in [-0.39, 0.29) is 19.1 Å². The van der Waals surface area contributed by atoms with E-state index >= 15 is 0 Å². The Morgan fingerprint density at radius 1 is 1.35 bits per heavy atom. The van der Waals surface area contributed by atoms with E-state index in [1.165, 1.54) is 19.3 Å². The molecule has 0 atom stereocenters. The topological polar surface area (TPSA) is 58.6 Å². The molecular weight excluding hydrogens is 322 g/mol. The first-order chi connectivity index (χ1) is 9.69. The number of benzene rings is 1. The molecule has 2 rings (SSSR count). The van der Waals surface area contributed by atoms with Crippen molar-refractivity contribution in [3.8, 4) is 5.75 Å². The number of hydrogen-bond acceptors (Lipinski definition) is 3. The van der Waals surface area contributed by atoms with Gasteiger partial charge in [0.15, 0.2) is 6.61 Å². The number of amides is 1. The summed E-state index contributed by atoms with van der Waals surface area (Å²) < 4.78 is 6.30. The van der Waals surface area contributed by atoms with Crippen LogP contribution in [-0.2, 0) is 11.4 Å². The third-order valence-electron chi connectivity index (χ3n) is 3.53. The van der Waals surface area contributed by atoms with Crippen molar-refractivity contribution in [3.63, 3.8) is 0 Å². The fourth-order valence-corrected chi connectivity index (χ4v) is 2.80. The van der Waals surface area contributed by atoms with E-state index in [1.807, 2.05) is 0 Å². The monoisotopic (exact) mass is 341 g/mol. The van der Waals surface area contributed by atoms with Crippen molar-refractivity contribution in [1.82, 2.24) is 5.32 Å². The van der Waals surface area contributed by atoms with Gasteiger partial charge < -0.3 is 15.2 Å². The summed E-state index contributed by atoms with van der Waals surface area (Å²) in [5, 5.41) is 12.2. The van der Waals surface area contributed by atoms with E-state index in [0.29, 0.717) is 11.8 Å². The van der Waals surface area contributed by atoms with Crippen LogP contribution in [0.4, 0.5) is 0 Å². The molecule has 0 aliphatic heterocycles. The van der Waals surface area contributed by atoms with Gasteiger partial charge in [0.25, 0.3) is 5.91 Å². The standard InChI is InChI=1S/C15H20BrNO3/c16-14-7-6-13(8-11(14)9-18)20-10-15(19)17-12-4-2-1-3-5-12/h6-8,12,18H,1-5,9-10H2,(H,17,19). The predicted octanol–water partition coefficient (Wildman–Crippen LogP) is 2.77. The number of carbonyl (C=O) groups is 1. The molecule has 1 aliphatic carbocycles. The Bertz CT molecular complexity index is 458. The van der Waals surface area contributed by atoms with Crippen molar-refractivity contribution in [3.05, 3.63) is 28.2 Å². The van der Waals surface area contributed by atoms with Crippen LogP contribution in [0.3, 0.4) is 0 Å². The first-order valence-corrected chi connectivity index (χ1v) is 7.80. The normalized spacial score (nSPS) is 15.9. The van der Waals surface area contributed by atoms with Crippen molar-refractivity contribution in [2.24, 2.45) is 0 Å². The van der Waals surface area contributed by atoms with Crippen molar-refractivity contribution in [2.75, 3.05) is 6.61 Å². The van der Waals surface area contributed by atoms with Gasteiger partial charge in [-0.3, -0.25) is 4.79 Å². The highest BCUT2D eigenvalue weighted by molar-refractivity contribution is 9.10. The number of halogens is 1. The van der Waals surface area contributed by atoms with Crippen LogP contribution in [0.2, 0.25) is 0 Å². The summed E-state index contributed by atoms with van der Waals surface area (Å²) in [7, 11) is 0. The Balaban J connectivity index is 1.80. The highest BCUT2D eigenvalue weighted by atomic mass is 79.9. The van der Waals surface area contributed by atoms with Crippen LogP contribution in [0.25, 0.3) is 0 Å². The lowest BCUT2D eigenvalue weighted by atomic mass is 9.95. The second-order valence-corrected chi connectivity index (χ2v) is 5.96. The van der Waals surface area contributed by atoms with Crippen LogP contribution in [0.15, 0.2) is 22.7 Å². The molecule has 1 aromatic rings. The minimum Gasteiger partial charge on any atom is -0.484 e. The zero-order valence-electron chi connectivity index (χ0n) is 11.4. The molecule has 0 bridgehead atoms. The largest absolute Gasteiger partial charge is 0.484 e. The maximum atomic E-state index is 11.8. The zero-order chi connectivity index (χ0) is 14.4. The van der Waals surface area contributed by atoms with Gasteiger partial charge in [-0.2, -0.15) is 0 Å². The number of nitrogens with one attached hydrogen (secondary N) is 1. The van der Waals surface area contributed by atoms with Gasteiger partial charge >= 0.3 is 0 Å². The van der Waals surface area contributed by atoms with Gasteiger partial charge in [-0.05, 0) is 36.6 Å². The molecule has 2 N–H and O–H groups in total. The van der Waals surface area contributed by atoms with Crippen LogP contribution in [0.5, 0.6) is 5.75 Å². The van der Waals surface area contributed by atoms with Gasteiger partial charge in [0.1, 0.15) is 5.75 Å². The summed E-state index contributed by atoms with van der Waals surface area (Å²) in [6.45, 7) is -0.0466. The molecule has 0 aromatic heterocycles. The van der Waals surface area contributed by atoms with Crippen molar-refractivity contribution >= 4 is 21.8 Å². The Morgan fingerprint density at radius 3 is 2.80 bits per heavy atom. The first-order valence-electron chi connectivity index (χ1n) is 7.00. The number of rotatable bonds is 5. The molecule has 0 unspecified atom stereocenters. The number of aliphatic hydroxyl groups is 1. The lowest BCUT2D eigenvalue weighted by Gasteiger charge is -2.22. The molecule has 0 saturated heterocycles. The fraction of sp³-hybridized carbons (Fsp3) is 0.533. The van der Waals surface area contributed by atoms with Crippen LogP contribution in [0.1, 0.15) is 37.7 Å². The van der Waals surface area contributed by atoms with E-state index in [2.05, 4.69) is 21.2 Å². The molecule has 20 heavy (non-hydrogen) atoms. The average molecular weight is 342 g/mol. The maximum Gasteiger partial charge on any atom is 0.258 e. The summed E-state index contributed by atoms with van der Waals surface area (Å²) in [5.41, 5.74) is 0.746. The van der Waals surface area contributed by atoms with E-state index in [4.69, 9.17) is 4.74 Å². The van der Waals surface area contributed by atoms with Crippen LogP contribution in [-0.4, -0.2) is 23.7 Å². The molecule has 110 valence electrons. The molecule has 1 amide bonds. The van der Waals surface area contributed by atoms with E-state index < -0.39 is 0 Å². The molecule has 4 nitrogen and oxygen atoms in total. The van der Waals surface area contributed by atoms with Crippen molar-refractivity contribution < 1.29 is 14.6 Å².